The summed E-state index contributed by atoms with van der Waals surface area (Å²) in [6.07, 6.45) is -4.22. The molecule has 1 rings (SSSR count). The lowest BCUT2D eigenvalue weighted by Gasteiger charge is -2.09. The highest BCUT2D eigenvalue weighted by Gasteiger charge is 2.26. The molecule has 0 aromatic heterocycles. The van der Waals surface area contributed by atoms with Gasteiger partial charge in [-0.2, -0.15) is 13.2 Å². The third-order valence-electron chi connectivity index (χ3n) is 1.90. The number of phenolic OH excluding ortho intramolecular Hbond substituents is 1. The first-order valence-electron chi connectivity index (χ1n) is 4.56. The van der Waals surface area contributed by atoms with Crippen LogP contribution >= 0.6 is 0 Å². The number of aromatic hydroxyl groups is 1. The molecule has 0 radical (unpaired) electrons. The molecule has 0 heterocycles. The average Bonchev–Trinajstić information content (AvgIpc) is 2.18. The monoisotopic (exact) mass is 235 g/mol. The molecular weight excluding hydrogens is 223 g/mol. The van der Waals surface area contributed by atoms with Crippen LogP contribution in [0.3, 0.4) is 0 Å². The van der Waals surface area contributed by atoms with E-state index in [2.05, 4.69) is 5.32 Å². The number of hydrogen-bond donors (Lipinski definition) is 2. The summed E-state index contributed by atoms with van der Waals surface area (Å²) in [5, 5.41) is 11.5. The first-order chi connectivity index (χ1) is 7.42. The molecule has 1 aromatic rings. The lowest BCUT2D eigenvalue weighted by molar-refractivity contribution is -0.125. The second-order valence-corrected chi connectivity index (χ2v) is 3.22. The molecule has 1 aromatic carbocycles. The van der Waals surface area contributed by atoms with E-state index in [1.165, 1.54) is 25.3 Å². The zero-order valence-electron chi connectivity index (χ0n) is 8.64. The summed E-state index contributed by atoms with van der Waals surface area (Å²) in [5.41, 5.74) is 0.610. The molecule has 0 bridgehead atoms. The molecule has 2 N–H and O–H groups in total. The van der Waals surface area contributed by atoms with Gasteiger partial charge in [-0.15, -0.1) is 0 Å². The van der Waals surface area contributed by atoms with E-state index in [0.29, 0.717) is 5.56 Å². The van der Waals surface area contributed by atoms with E-state index < -0.39 is 12.7 Å². The SMILES string of the molecule is COc1cc(CNCC(F)(F)F)ccc1O. The second kappa shape index (κ2) is 5.07. The van der Waals surface area contributed by atoms with Crippen LogP contribution in [0.4, 0.5) is 13.2 Å². The van der Waals surface area contributed by atoms with Crippen LogP contribution in [0.5, 0.6) is 11.5 Å². The summed E-state index contributed by atoms with van der Waals surface area (Å²) in [4.78, 5) is 0. The fourth-order valence-electron chi connectivity index (χ4n) is 1.18. The van der Waals surface area contributed by atoms with Gasteiger partial charge < -0.3 is 15.2 Å². The molecule has 0 aliphatic carbocycles. The number of phenols is 1. The van der Waals surface area contributed by atoms with Crippen LogP contribution < -0.4 is 10.1 Å². The van der Waals surface area contributed by atoms with Gasteiger partial charge in [-0.3, -0.25) is 0 Å². The van der Waals surface area contributed by atoms with Crippen molar-refractivity contribution < 1.29 is 23.0 Å². The summed E-state index contributed by atoms with van der Waals surface area (Å²) < 4.78 is 40.4. The van der Waals surface area contributed by atoms with Gasteiger partial charge in [-0.1, -0.05) is 6.07 Å². The molecule has 0 aliphatic rings. The van der Waals surface area contributed by atoms with E-state index in [1.54, 1.807) is 0 Å². The maximum Gasteiger partial charge on any atom is 0.401 e. The van der Waals surface area contributed by atoms with Crippen molar-refractivity contribution in [1.29, 1.82) is 0 Å². The van der Waals surface area contributed by atoms with Gasteiger partial charge in [0.05, 0.1) is 13.7 Å². The standard InChI is InChI=1S/C10H12F3NO2/c1-16-9-4-7(2-3-8(9)15)5-14-6-10(11,12)13/h2-4,14-15H,5-6H2,1H3. The third-order valence-corrected chi connectivity index (χ3v) is 1.90. The molecule has 0 saturated carbocycles. The number of nitrogens with one attached hydrogen (secondary N) is 1. The summed E-state index contributed by atoms with van der Waals surface area (Å²) in [5.74, 6) is 0.202. The molecule has 0 fully saturated rings. The van der Waals surface area contributed by atoms with E-state index >= 15 is 0 Å². The highest BCUT2D eigenvalue weighted by molar-refractivity contribution is 5.41. The molecule has 0 spiro atoms. The third kappa shape index (κ3) is 3.98. The Morgan fingerprint density at radius 3 is 2.62 bits per heavy atom. The van der Waals surface area contributed by atoms with Crippen molar-refractivity contribution in [2.45, 2.75) is 12.7 Å². The van der Waals surface area contributed by atoms with Crippen LogP contribution in [0.2, 0.25) is 0 Å². The maximum absolute atomic E-state index is 11.8. The van der Waals surface area contributed by atoms with Gasteiger partial charge in [0.2, 0.25) is 0 Å². The number of hydrogen-bond acceptors (Lipinski definition) is 3. The van der Waals surface area contributed by atoms with Gasteiger partial charge in [-0.25, -0.2) is 0 Å². The van der Waals surface area contributed by atoms with Gasteiger partial charge in [0.1, 0.15) is 0 Å². The van der Waals surface area contributed by atoms with Crippen LogP contribution in [0.1, 0.15) is 5.56 Å². The first kappa shape index (κ1) is 12.6. The Hall–Kier alpha value is -1.43. The average molecular weight is 235 g/mol. The number of benzene rings is 1. The molecule has 0 aliphatic heterocycles. The lowest BCUT2D eigenvalue weighted by atomic mass is 10.2. The van der Waals surface area contributed by atoms with Gasteiger partial charge in [0, 0.05) is 6.54 Å². The van der Waals surface area contributed by atoms with E-state index in [0.717, 1.165) is 0 Å². The number of methoxy groups -OCH3 is 1. The van der Waals surface area contributed by atoms with Crippen molar-refractivity contribution in [3.8, 4) is 11.5 Å². The molecule has 16 heavy (non-hydrogen) atoms. The Bertz CT molecular complexity index is 352. The quantitative estimate of drug-likeness (QED) is 0.839. The molecule has 6 heteroatoms. The van der Waals surface area contributed by atoms with Gasteiger partial charge in [0.15, 0.2) is 11.5 Å². The highest BCUT2D eigenvalue weighted by atomic mass is 19.4. The van der Waals surface area contributed by atoms with Crippen molar-refractivity contribution in [3.63, 3.8) is 0 Å². The second-order valence-electron chi connectivity index (χ2n) is 3.22. The number of halogens is 3. The van der Waals surface area contributed by atoms with Crippen LogP contribution in [0, 0.1) is 0 Å². The molecule has 0 unspecified atom stereocenters. The van der Waals surface area contributed by atoms with Gasteiger partial charge in [-0.05, 0) is 17.7 Å². The fraction of sp³-hybridized carbons (Fsp3) is 0.400. The fourth-order valence-corrected chi connectivity index (χ4v) is 1.18. The summed E-state index contributed by atoms with van der Waals surface area (Å²) in [7, 11) is 1.38. The van der Waals surface area contributed by atoms with E-state index in [-0.39, 0.29) is 18.0 Å². The van der Waals surface area contributed by atoms with Gasteiger partial charge in [0.25, 0.3) is 0 Å². The molecule has 0 saturated heterocycles. The number of ether oxygens (including phenoxy) is 1. The minimum atomic E-state index is -4.22. The number of rotatable bonds is 4. The summed E-state index contributed by atoms with van der Waals surface area (Å²) in [6, 6.07) is 4.39. The van der Waals surface area contributed by atoms with Crippen molar-refractivity contribution >= 4 is 0 Å². The van der Waals surface area contributed by atoms with Crippen LogP contribution in [0.15, 0.2) is 18.2 Å². The van der Waals surface area contributed by atoms with E-state index in [4.69, 9.17) is 4.74 Å². The topological polar surface area (TPSA) is 41.5 Å². The first-order valence-corrected chi connectivity index (χ1v) is 4.56. The Morgan fingerprint density at radius 1 is 1.38 bits per heavy atom. The molecule has 0 amide bonds. The Balaban J connectivity index is 2.55. The van der Waals surface area contributed by atoms with Crippen molar-refractivity contribution in [2.75, 3.05) is 13.7 Å². The zero-order valence-corrected chi connectivity index (χ0v) is 8.64. The summed E-state index contributed by atoms with van der Waals surface area (Å²) >= 11 is 0. The molecular formula is C10H12F3NO2. The van der Waals surface area contributed by atoms with Crippen molar-refractivity contribution in [3.05, 3.63) is 23.8 Å². The predicted octanol–water partition coefficient (Wildman–Crippen LogP) is 2.05. The van der Waals surface area contributed by atoms with E-state index in [1.807, 2.05) is 0 Å². The Morgan fingerprint density at radius 2 is 2.06 bits per heavy atom. The normalized spacial score (nSPS) is 11.5. The summed E-state index contributed by atoms with van der Waals surface area (Å²) in [6.45, 7) is -0.980. The smallest absolute Gasteiger partial charge is 0.401 e. The maximum atomic E-state index is 11.8. The van der Waals surface area contributed by atoms with Crippen LogP contribution in [0.25, 0.3) is 0 Å². The molecule has 3 nitrogen and oxygen atoms in total. The van der Waals surface area contributed by atoms with E-state index in [9.17, 15) is 18.3 Å². The molecule has 0 atom stereocenters. The predicted molar refractivity (Wildman–Crippen MR) is 52.4 cm³/mol. The lowest BCUT2D eigenvalue weighted by Crippen LogP contribution is -2.28. The highest BCUT2D eigenvalue weighted by Crippen LogP contribution is 2.26. The zero-order chi connectivity index (χ0) is 12.2. The largest absolute Gasteiger partial charge is 0.504 e. The minimum absolute atomic E-state index is 0.0397. The minimum Gasteiger partial charge on any atom is -0.504 e. The number of alkyl halides is 3. The van der Waals surface area contributed by atoms with Crippen LogP contribution in [-0.4, -0.2) is 24.9 Å². The van der Waals surface area contributed by atoms with Crippen molar-refractivity contribution in [1.82, 2.24) is 5.32 Å². The van der Waals surface area contributed by atoms with Gasteiger partial charge >= 0.3 is 6.18 Å². The van der Waals surface area contributed by atoms with Crippen LogP contribution in [-0.2, 0) is 6.54 Å². The Kier molecular flexibility index (Phi) is 4.00. The Labute approximate surface area is 90.8 Å². The van der Waals surface area contributed by atoms with Crippen molar-refractivity contribution in [2.24, 2.45) is 0 Å². The molecule has 90 valence electrons.